The molecule has 0 aromatic carbocycles. The molecule has 1 aromatic rings. The molecule has 1 nitrogen and oxygen atoms in total. The first-order valence-corrected chi connectivity index (χ1v) is 10.8. The highest BCUT2D eigenvalue weighted by Crippen LogP contribution is 2.11. The molecule has 0 unspecified atom stereocenters. The van der Waals surface area contributed by atoms with E-state index in [4.69, 9.17) is 0 Å². The van der Waals surface area contributed by atoms with Gasteiger partial charge in [0, 0.05) is 18.1 Å². The number of nitrogens with zero attached hydrogens (tertiary/aromatic N) is 1. The molecular weight excluding hydrogens is 290 g/mol. The van der Waals surface area contributed by atoms with Crippen LogP contribution in [0.1, 0.15) is 109 Å². The quantitative estimate of drug-likeness (QED) is 0.226. The summed E-state index contributed by atoms with van der Waals surface area (Å²) in [5.41, 5.74) is 1.52. The van der Waals surface area contributed by atoms with E-state index in [0.29, 0.717) is 0 Å². The number of rotatable bonds is 16. The van der Waals surface area contributed by atoms with Crippen LogP contribution in [0, 0.1) is 0 Å². The highest BCUT2D eigenvalue weighted by molar-refractivity contribution is 5.05. The Morgan fingerprint density at radius 1 is 0.667 bits per heavy atom. The summed E-state index contributed by atoms with van der Waals surface area (Å²) in [5, 5.41) is 0. The van der Waals surface area contributed by atoms with Gasteiger partial charge in [-0.3, -0.25) is 0 Å². The third kappa shape index (κ3) is 11.6. The molecule has 0 fully saturated rings. The van der Waals surface area contributed by atoms with Crippen molar-refractivity contribution in [2.45, 2.75) is 117 Å². The summed E-state index contributed by atoms with van der Waals surface area (Å²) in [4.78, 5) is 0. The van der Waals surface area contributed by atoms with Crippen LogP contribution in [0.5, 0.6) is 0 Å². The lowest BCUT2D eigenvalue weighted by molar-refractivity contribution is -0.697. The van der Waals surface area contributed by atoms with Crippen LogP contribution in [0.3, 0.4) is 0 Å². The standard InChI is InChI=1S/C23H42N/c1-3-5-7-9-10-11-12-13-15-18-23-19-17-21-24(22-23)20-16-14-8-6-4-2/h17,19,21-22H,3-16,18,20H2,1-2H3/q+1. The molecule has 0 radical (unpaired) electrons. The zero-order valence-electron chi connectivity index (χ0n) is 16.6. The number of pyridine rings is 1. The van der Waals surface area contributed by atoms with E-state index < -0.39 is 0 Å². The minimum Gasteiger partial charge on any atom is -0.205 e. The number of aryl methyl sites for hydroxylation is 2. The van der Waals surface area contributed by atoms with Crippen molar-refractivity contribution in [3.8, 4) is 0 Å². The Morgan fingerprint density at radius 3 is 1.83 bits per heavy atom. The summed E-state index contributed by atoms with van der Waals surface area (Å²) < 4.78 is 2.40. The summed E-state index contributed by atoms with van der Waals surface area (Å²) in [7, 11) is 0. The van der Waals surface area contributed by atoms with Crippen LogP contribution in [0.15, 0.2) is 24.5 Å². The fraction of sp³-hybridized carbons (Fsp3) is 0.783. The Hall–Kier alpha value is -0.850. The van der Waals surface area contributed by atoms with Crippen molar-refractivity contribution in [3.63, 3.8) is 0 Å². The van der Waals surface area contributed by atoms with Crippen molar-refractivity contribution in [1.82, 2.24) is 0 Å². The van der Waals surface area contributed by atoms with Gasteiger partial charge in [-0.15, -0.1) is 0 Å². The van der Waals surface area contributed by atoms with E-state index in [1.165, 1.54) is 108 Å². The average Bonchev–Trinajstić information content (AvgIpc) is 2.60. The first kappa shape index (κ1) is 21.2. The Labute approximate surface area is 151 Å². The zero-order chi connectivity index (χ0) is 17.3. The first-order valence-electron chi connectivity index (χ1n) is 10.8. The number of hydrogen-bond donors (Lipinski definition) is 0. The Bertz CT molecular complexity index is 385. The van der Waals surface area contributed by atoms with Crippen molar-refractivity contribution in [2.75, 3.05) is 0 Å². The molecule has 0 spiro atoms. The summed E-state index contributed by atoms with van der Waals surface area (Å²) >= 11 is 0. The molecule has 1 rings (SSSR count). The third-order valence-electron chi connectivity index (χ3n) is 5.01. The second kappa shape index (κ2) is 15.7. The van der Waals surface area contributed by atoms with E-state index in [1.807, 2.05) is 0 Å². The Kier molecular flexibility index (Phi) is 13.8. The van der Waals surface area contributed by atoms with Gasteiger partial charge in [0.15, 0.2) is 12.4 Å². The van der Waals surface area contributed by atoms with Crippen LogP contribution in [0.2, 0.25) is 0 Å². The second-order valence-corrected chi connectivity index (χ2v) is 7.44. The van der Waals surface area contributed by atoms with E-state index in [1.54, 1.807) is 0 Å². The maximum atomic E-state index is 2.40. The van der Waals surface area contributed by atoms with Gasteiger partial charge in [0.2, 0.25) is 0 Å². The molecule has 0 aliphatic heterocycles. The molecule has 1 aromatic heterocycles. The Balaban J connectivity index is 2.05. The van der Waals surface area contributed by atoms with Crippen LogP contribution < -0.4 is 4.57 Å². The van der Waals surface area contributed by atoms with E-state index >= 15 is 0 Å². The number of aromatic nitrogens is 1. The van der Waals surface area contributed by atoms with Gasteiger partial charge in [0.05, 0.1) is 0 Å². The maximum absolute atomic E-state index is 2.40. The third-order valence-corrected chi connectivity index (χ3v) is 5.01. The number of unbranched alkanes of at least 4 members (excludes halogenated alkanes) is 12. The summed E-state index contributed by atoms with van der Waals surface area (Å²) in [6.07, 6.45) is 25.4. The molecular formula is C23H42N+. The topological polar surface area (TPSA) is 3.88 Å². The zero-order valence-corrected chi connectivity index (χ0v) is 16.6. The number of hydrogen-bond acceptors (Lipinski definition) is 0. The predicted molar refractivity (Wildman–Crippen MR) is 106 cm³/mol. The van der Waals surface area contributed by atoms with Crippen molar-refractivity contribution >= 4 is 0 Å². The molecule has 0 amide bonds. The molecule has 0 bridgehead atoms. The van der Waals surface area contributed by atoms with Crippen molar-refractivity contribution in [2.24, 2.45) is 0 Å². The normalized spacial score (nSPS) is 11.1. The minimum absolute atomic E-state index is 1.19. The summed E-state index contributed by atoms with van der Waals surface area (Å²) in [5.74, 6) is 0. The van der Waals surface area contributed by atoms with Crippen LogP contribution in [0.4, 0.5) is 0 Å². The van der Waals surface area contributed by atoms with Gasteiger partial charge in [-0.1, -0.05) is 84.5 Å². The van der Waals surface area contributed by atoms with Crippen LogP contribution in [0.25, 0.3) is 0 Å². The lowest BCUT2D eigenvalue weighted by atomic mass is 10.0. The van der Waals surface area contributed by atoms with E-state index in [2.05, 4.69) is 42.9 Å². The molecule has 138 valence electrons. The van der Waals surface area contributed by atoms with Gasteiger partial charge in [-0.2, -0.15) is 0 Å². The van der Waals surface area contributed by atoms with Gasteiger partial charge in [-0.25, -0.2) is 4.57 Å². The summed E-state index contributed by atoms with van der Waals surface area (Å²) in [6.45, 7) is 5.76. The molecule has 24 heavy (non-hydrogen) atoms. The molecule has 1 heteroatoms. The maximum Gasteiger partial charge on any atom is 0.171 e. The summed E-state index contributed by atoms with van der Waals surface area (Å²) in [6, 6.07) is 4.54. The van der Waals surface area contributed by atoms with Crippen molar-refractivity contribution < 1.29 is 4.57 Å². The van der Waals surface area contributed by atoms with Gasteiger partial charge in [0.25, 0.3) is 0 Å². The lowest BCUT2D eigenvalue weighted by Gasteiger charge is -2.03. The fourth-order valence-electron chi connectivity index (χ4n) is 3.40. The second-order valence-electron chi connectivity index (χ2n) is 7.44. The van der Waals surface area contributed by atoms with Gasteiger partial charge in [-0.05, 0) is 25.3 Å². The molecule has 0 aliphatic rings. The first-order chi connectivity index (χ1) is 11.9. The van der Waals surface area contributed by atoms with E-state index in [9.17, 15) is 0 Å². The SMILES string of the molecule is CCCCCCCCCCCc1ccc[n+](CCCCCCC)c1. The molecule has 0 saturated heterocycles. The molecule has 0 aliphatic carbocycles. The average molecular weight is 333 g/mol. The van der Waals surface area contributed by atoms with Gasteiger partial charge in [0.1, 0.15) is 6.54 Å². The van der Waals surface area contributed by atoms with Crippen molar-refractivity contribution in [3.05, 3.63) is 30.1 Å². The van der Waals surface area contributed by atoms with Crippen molar-refractivity contribution in [1.29, 1.82) is 0 Å². The van der Waals surface area contributed by atoms with Gasteiger partial charge < -0.3 is 0 Å². The molecule has 0 atom stereocenters. The highest BCUT2D eigenvalue weighted by Gasteiger charge is 2.03. The van der Waals surface area contributed by atoms with E-state index in [-0.39, 0.29) is 0 Å². The van der Waals surface area contributed by atoms with Crippen LogP contribution >= 0.6 is 0 Å². The monoisotopic (exact) mass is 332 g/mol. The largest absolute Gasteiger partial charge is 0.205 e. The molecule has 1 heterocycles. The van der Waals surface area contributed by atoms with Crippen LogP contribution in [-0.2, 0) is 13.0 Å². The smallest absolute Gasteiger partial charge is 0.171 e. The fourth-order valence-corrected chi connectivity index (χ4v) is 3.40. The highest BCUT2D eigenvalue weighted by atomic mass is 14.9. The molecule has 0 N–H and O–H groups in total. The molecule has 0 saturated carbocycles. The lowest BCUT2D eigenvalue weighted by Crippen LogP contribution is -2.33. The minimum atomic E-state index is 1.19. The van der Waals surface area contributed by atoms with Crippen LogP contribution in [-0.4, -0.2) is 0 Å². The Morgan fingerprint density at radius 2 is 1.21 bits per heavy atom. The van der Waals surface area contributed by atoms with E-state index in [0.717, 1.165) is 0 Å². The predicted octanol–water partition coefficient (Wildman–Crippen LogP) is 7.02. The van der Waals surface area contributed by atoms with Gasteiger partial charge >= 0.3 is 0 Å².